The number of ether oxygens (including phenoxy) is 1. The number of carbonyl (C=O) groups is 2. The Labute approximate surface area is 191 Å². The van der Waals surface area contributed by atoms with Crippen LogP contribution >= 0.6 is 0 Å². The Morgan fingerprint density at radius 3 is 2.62 bits per heavy atom. The van der Waals surface area contributed by atoms with E-state index >= 15 is 0 Å². The fourth-order valence-corrected chi connectivity index (χ4v) is 9.09. The van der Waals surface area contributed by atoms with E-state index < -0.39 is 5.60 Å². The van der Waals surface area contributed by atoms with E-state index in [4.69, 9.17) is 10.5 Å². The lowest BCUT2D eigenvalue weighted by atomic mass is 9.43. The smallest absolute Gasteiger partial charge is 0.331 e. The Hall–Kier alpha value is -1.40. The number of nitrogens with two attached hydrogens (primary N) is 1. The van der Waals surface area contributed by atoms with Crippen molar-refractivity contribution in [3.05, 3.63) is 11.6 Å². The van der Waals surface area contributed by atoms with Gasteiger partial charge in [-0.15, -0.1) is 0 Å². The molecule has 178 valence electrons. The van der Waals surface area contributed by atoms with Gasteiger partial charge in [-0.05, 0) is 92.4 Å². The summed E-state index contributed by atoms with van der Waals surface area (Å²) in [5.74, 6) is 1.52. The number of rotatable bonds is 3. The van der Waals surface area contributed by atoms with E-state index in [2.05, 4.69) is 13.8 Å². The molecule has 6 heteroatoms. The van der Waals surface area contributed by atoms with E-state index in [-0.39, 0.29) is 35.2 Å². The zero-order valence-corrected chi connectivity index (χ0v) is 19.9. The molecule has 4 saturated carbocycles. The van der Waals surface area contributed by atoms with Crippen LogP contribution in [0.15, 0.2) is 11.6 Å². The van der Waals surface area contributed by atoms with Gasteiger partial charge in [0.05, 0.1) is 12.1 Å². The highest BCUT2D eigenvalue weighted by Gasteiger charge is 2.67. The first-order valence-corrected chi connectivity index (χ1v) is 12.7. The van der Waals surface area contributed by atoms with Crippen molar-refractivity contribution in [3.63, 3.8) is 0 Å². The van der Waals surface area contributed by atoms with Gasteiger partial charge in [0.1, 0.15) is 6.61 Å². The van der Waals surface area contributed by atoms with Gasteiger partial charge >= 0.3 is 5.97 Å². The molecule has 0 bridgehead atoms. The number of cyclic esters (lactones) is 1. The highest BCUT2D eigenvalue weighted by molar-refractivity contribution is 5.85. The van der Waals surface area contributed by atoms with Crippen LogP contribution in [0.4, 0.5) is 0 Å². The van der Waals surface area contributed by atoms with Crippen molar-refractivity contribution in [2.45, 2.75) is 83.3 Å². The molecular weight excluding hydrogens is 404 g/mol. The van der Waals surface area contributed by atoms with Crippen LogP contribution in [0.3, 0.4) is 0 Å². The fraction of sp³-hybridized carbons (Fsp3) is 0.846. The van der Waals surface area contributed by atoms with Crippen LogP contribution in [0.5, 0.6) is 0 Å². The van der Waals surface area contributed by atoms with Gasteiger partial charge in [-0.3, -0.25) is 4.79 Å². The summed E-state index contributed by atoms with van der Waals surface area (Å²) in [4.78, 5) is 25.8. The van der Waals surface area contributed by atoms with E-state index in [9.17, 15) is 14.7 Å². The molecule has 0 unspecified atom stereocenters. The molecule has 4 aliphatic carbocycles. The minimum absolute atomic E-state index is 0.0377. The standard InChI is InChI=1S/C26H40N2O4/c1-24-9-6-18(28(3)22(29)14-27)13-17(24)4-5-21-20(24)7-10-25(2)19(8-11-26(21,25)31)16-12-23(30)32-15-16/h12,17-21,31H,4-11,13-15,27H2,1-3H3/t17-,18+,19-,20+,21-,24+,25-,26+/m1/s1. The molecular formula is C26H40N2O4. The summed E-state index contributed by atoms with van der Waals surface area (Å²) >= 11 is 0. The third kappa shape index (κ3) is 2.97. The average molecular weight is 445 g/mol. The average Bonchev–Trinajstić information content (AvgIpc) is 3.32. The zero-order chi connectivity index (χ0) is 22.9. The Kier molecular flexibility index (Phi) is 5.29. The number of hydrogen-bond donors (Lipinski definition) is 2. The van der Waals surface area contributed by atoms with Crippen molar-refractivity contribution < 1.29 is 19.4 Å². The maximum absolute atomic E-state index is 12.3. The van der Waals surface area contributed by atoms with Crippen molar-refractivity contribution in [2.75, 3.05) is 20.2 Å². The summed E-state index contributed by atoms with van der Waals surface area (Å²) in [6.07, 6.45) is 11.0. The fourth-order valence-electron chi connectivity index (χ4n) is 9.09. The molecule has 0 spiro atoms. The molecule has 1 aliphatic heterocycles. The Morgan fingerprint density at radius 2 is 1.94 bits per heavy atom. The third-order valence-electron chi connectivity index (χ3n) is 11.1. The first kappa shape index (κ1) is 22.4. The number of nitrogens with zero attached hydrogens (tertiary/aromatic N) is 1. The molecule has 8 atom stereocenters. The lowest BCUT2D eigenvalue weighted by Gasteiger charge is -2.64. The highest BCUT2D eigenvalue weighted by atomic mass is 16.5. The molecule has 5 rings (SSSR count). The normalized spacial score (nSPS) is 47.7. The second-order valence-electron chi connectivity index (χ2n) is 11.9. The first-order valence-electron chi connectivity index (χ1n) is 12.7. The monoisotopic (exact) mass is 444 g/mol. The highest BCUT2D eigenvalue weighted by Crippen LogP contribution is 2.70. The van der Waals surface area contributed by atoms with Gasteiger partial charge in [0, 0.05) is 24.6 Å². The first-order chi connectivity index (χ1) is 15.1. The van der Waals surface area contributed by atoms with Crippen LogP contribution in [0.25, 0.3) is 0 Å². The molecule has 0 aromatic rings. The largest absolute Gasteiger partial charge is 0.458 e. The van der Waals surface area contributed by atoms with E-state index in [1.54, 1.807) is 6.08 Å². The Bertz CT molecular complexity index is 842. The lowest BCUT2D eigenvalue weighted by Crippen LogP contribution is -2.62. The summed E-state index contributed by atoms with van der Waals surface area (Å²) in [6, 6.07) is 0.292. The molecule has 3 N–H and O–H groups in total. The molecule has 1 amide bonds. The number of carbonyl (C=O) groups excluding carboxylic acids is 2. The van der Waals surface area contributed by atoms with Gasteiger partial charge in [0.15, 0.2) is 0 Å². The van der Waals surface area contributed by atoms with Gasteiger partial charge < -0.3 is 20.5 Å². The number of amides is 1. The Balaban J connectivity index is 1.38. The molecule has 5 aliphatic rings. The topological polar surface area (TPSA) is 92.9 Å². The molecule has 6 nitrogen and oxygen atoms in total. The van der Waals surface area contributed by atoms with Crippen molar-refractivity contribution in [3.8, 4) is 0 Å². The van der Waals surface area contributed by atoms with E-state index in [0.29, 0.717) is 30.4 Å². The van der Waals surface area contributed by atoms with Gasteiger partial charge in [-0.1, -0.05) is 13.8 Å². The van der Waals surface area contributed by atoms with Gasteiger partial charge in [-0.25, -0.2) is 4.79 Å². The van der Waals surface area contributed by atoms with Crippen LogP contribution < -0.4 is 5.73 Å². The Morgan fingerprint density at radius 1 is 1.16 bits per heavy atom. The molecule has 0 saturated heterocycles. The number of aliphatic hydroxyl groups is 1. The second-order valence-corrected chi connectivity index (χ2v) is 11.9. The predicted molar refractivity (Wildman–Crippen MR) is 121 cm³/mol. The van der Waals surface area contributed by atoms with E-state index in [0.717, 1.165) is 63.4 Å². The van der Waals surface area contributed by atoms with E-state index in [1.807, 2.05) is 11.9 Å². The maximum Gasteiger partial charge on any atom is 0.331 e. The molecule has 1 heterocycles. The van der Waals surface area contributed by atoms with Crippen LogP contribution in [0.1, 0.15) is 71.6 Å². The van der Waals surface area contributed by atoms with Crippen molar-refractivity contribution >= 4 is 11.9 Å². The van der Waals surface area contributed by atoms with Crippen LogP contribution in [0, 0.1) is 34.5 Å². The van der Waals surface area contributed by atoms with Gasteiger partial charge in [-0.2, -0.15) is 0 Å². The van der Waals surface area contributed by atoms with Crippen molar-refractivity contribution in [2.24, 2.45) is 40.2 Å². The molecule has 0 aromatic heterocycles. The van der Waals surface area contributed by atoms with Crippen molar-refractivity contribution in [1.82, 2.24) is 4.90 Å². The summed E-state index contributed by atoms with van der Waals surface area (Å²) in [7, 11) is 1.91. The predicted octanol–water partition coefficient (Wildman–Crippen LogP) is 3.03. The second kappa shape index (κ2) is 7.56. The minimum atomic E-state index is -0.663. The number of likely N-dealkylation sites (N-methyl/N-ethyl adjacent to an activating group) is 1. The third-order valence-corrected chi connectivity index (χ3v) is 11.1. The summed E-state index contributed by atoms with van der Waals surface area (Å²) in [6.45, 7) is 5.24. The molecule has 0 radical (unpaired) electrons. The summed E-state index contributed by atoms with van der Waals surface area (Å²) in [5, 5.41) is 12.3. The van der Waals surface area contributed by atoms with Crippen LogP contribution in [-0.2, 0) is 14.3 Å². The number of hydrogen-bond acceptors (Lipinski definition) is 5. The molecule has 4 fully saturated rings. The number of fused-ring (bicyclic) bond motifs is 5. The van der Waals surface area contributed by atoms with Gasteiger partial charge in [0.25, 0.3) is 0 Å². The van der Waals surface area contributed by atoms with Crippen molar-refractivity contribution in [1.29, 1.82) is 0 Å². The lowest BCUT2D eigenvalue weighted by molar-refractivity contribution is -0.206. The maximum atomic E-state index is 12.3. The number of esters is 1. The zero-order valence-electron chi connectivity index (χ0n) is 19.9. The quantitative estimate of drug-likeness (QED) is 0.653. The summed E-state index contributed by atoms with van der Waals surface area (Å²) < 4.78 is 5.23. The summed E-state index contributed by atoms with van der Waals surface area (Å²) in [5.41, 5.74) is 6.10. The van der Waals surface area contributed by atoms with Crippen LogP contribution in [0.2, 0.25) is 0 Å². The van der Waals surface area contributed by atoms with Crippen LogP contribution in [-0.4, -0.2) is 53.7 Å². The minimum Gasteiger partial charge on any atom is -0.458 e. The molecule has 32 heavy (non-hydrogen) atoms. The van der Waals surface area contributed by atoms with Gasteiger partial charge in [0.2, 0.25) is 5.91 Å². The SMILES string of the molecule is CN(C(=O)CN)[C@H]1CC[C@@]2(C)[C@H](CC[C@@H]3[C@@H]2CC[C@]2(C)[C@@H](C4=CC(=O)OC4)CC[C@]32O)C1. The molecule has 0 aromatic carbocycles. The van der Waals surface area contributed by atoms with E-state index in [1.165, 1.54) is 0 Å².